The fourth-order valence-corrected chi connectivity index (χ4v) is 1.37. The average Bonchev–Trinajstić information content (AvgIpc) is 2.29. The zero-order valence-electron chi connectivity index (χ0n) is 9.23. The number of aryl methyl sites for hydroxylation is 1. The number of rotatable bonds is 2. The molecule has 0 aliphatic rings. The lowest BCUT2D eigenvalue weighted by Gasteiger charge is -2.04. The van der Waals surface area contributed by atoms with Crippen LogP contribution in [0.25, 0.3) is 0 Å². The smallest absolute Gasteiger partial charge is 0.273 e. The van der Waals surface area contributed by atoms with Gasteiger partial charge in [0.15, 0.2) is 0 Å². The molecule has 0 unspecified atom stereocenters. The quantitative estimate of drug-likeness (QED) is 0.815. The summed E-state index contributed by atoms with van der Waals surface area (Å²) in [7, 11) is 0. The molecular weight excluding hydrogens is 218 g/mol. The molecule has 0 spiro atoms. The van der Waals surface area contributed by atoms with Gasteiger partial charge in [0.2, 0.25) is 5.56 Å². The fraction of sp³-hybridized carbons (Fsp3) is 0.0833. The fourth-order valence-electron chi connectivity index (χ4n) is 1.37. The number of anilines is 1. The van der Waals surface area contributed by atoms with Crippen LogP contribution in [-0.2, 0) is 0 Å². The number of carbonyl (C=O) groups is 1. The van der Waals surface area contributed by atoms with E-state index in [9.17, 15) is 9.59 Å². The number of nitrogens with one attached hydrogen (secondary N) is 2. The van der Waals surface area contributed by atoms with Crippen LogP contribution in [0.3, 0.4) is 0 Å². The van der Waals surface area contributed by atoms with Gasteiger partial charge in [0.1, 0.15) is 11.5 Å². The topological polar surface area (TPSA) is 74.8 Å². The molecule has 5 nitrogen and oxygen atoms in total. The third-order valence-electron chi connectivity index (χ3n) is 2.17. The van der Waals surface area contributed by atoms with E-state index in [1.54, 1.807) is 12.3 Å². The predicted molar refractivity (Wildman–Crippen MR) is 64.0 cm³/mol. The van der Waals surface area contributed by atoms with E-state index >= 15 is 0 Å². The molecule has 2 aromatic rings. The maximum absolute atomic E-state index is 11.8. The third-order valence-corrected chi connectivity index (χ3v) is 2.17. The van der Waals surface area contributed by atoms with Gasteiger partial charge in [-0.15, -0.1) is 0 Å². The first kappa shape index (κ1) is 11.1. The number of nitrogens with zero attached hydrogens (tertiary/aromatic N) is 1. The van der Waals surface area contributed by atoms with Gasteiger partial charge in [-0.05, 0) is 30.7 Å². The van der Waals surface area contributed by atoms with Crippen LogP contribution in [-0.4, -0.2) is 15.9 Å². The Morgan fingerprint density at radius 3 is 2.88 bits per heavy atom. The Labute approximate surface area is 97.5 Å². The highest BCUT2D eigenvalue weighted by molar-refractivity contribution is 6.02. The summed E-state index contributed by atoms with van der Waals surface area (Å²) >= 11 is 0. The minimum absolute atomic E-state index is 0.209. The van der Waals surface area contributed by atoms with Gasteiger partial charge in [-0.1, -0.05) is 6.07 Å². The van der Waals surface area contributed by atoms with E-state index in [1.807, 2.05) is 13.0 Å². The van der Waals surface area contributed by atoms with E-state index in [0.717, 1.165) is 5.56 Å². The van der Waals surface area contributed by atoms with Crippen LogP contribution in [0.4, 0.5) is 5.82 Å². The maximum atomic E-state index is 11.8. The molecule has 5 heteroatoms. The SMILES string of the molecule is Cc1ccnc(NC(=O)c2cccc(=O)[nH]2)c1. The van der Waals surface area contributed by atoms with E-state index in [-0.39, 0.29) is 17.2 Å². The van der Waals surface area contributed by atoms with Gasteiger partial charge in [0.25, 0.3) is 5.91 Å². The summed E-state index contributed by atoms with van der Waals surface area (Å²) in [6.45, 7) is 1.90. The van der Waals surface area contributed by atoms with Crippen LogP contribution >= 0.6 is 0 Å². The molecule has 0 atom stereocenters. The minimum atomic E-state index is -0.388. The number of hydrogen-bond donors (Lipinski definition) is 2. The number of aromatic amines is 1. The molecule has 0 aliphatic carbocycles. The highest BCUT2D eigenvalue weighted by Gasteiger charge is 2.06. The molecule has 0 bridgehead atoms. The van der Waals surface area contributed by atoms with Crippen LogP contribution in [0, 0.1) is 6.92 Å². The molecule has 1 amide bonds. The van der Waals surface area contributed by atoms with E-state index in [1.165, 1.54) is 18.2 Å². The van der Waals surface area contributed by atoms with Gasteiger partial charge < -0.3 is 10.3 Å². The van der Waals surface area contributed by atoms with Crippen molar-refractivity contribution in [1.29, 1.82) is 0 Å². The van der Waals surface area contributed by atoms with Crippen LogP contribution in [0.1, 0.15) is 16.1 Å². The standard InChI is InChI=1S/C12H11N3O2/c1-8-5-6-13-10(7-8)15-12(17)9-3-2-4-11(16)14-9/h2-7H,1H3,(H,14,16)(H,13,15,17). The molecule has 0 aromatic carbocycles. The zero-order valence-corrected chi connectivity index (χ0v) is 9.23. The molecule has 17 heavy (non-hydrogen) atoms. The Kier molecular flexibility index (Phi) is 3.00. The van der Waals surface area contributed by atoms with Gasteiger partial charge in [0, 0.05) is 12.3 Å². The van der Waals surface area contributed by atoms with Crippen molar-refractivity contribution < 1.29 is 4.79 Å². The second-order valence-corrected chi connectivity index (χ2v) is 3.60. The van der Waals surface area contributed by atoms with Crippen molar-refractivity contribution >= 4 is 11.7 Å². The Morgan fingerprint density at radius 1 is 1.35 bits per heavy atom. The summed E-state index contributed by atoms with van der Waals surface area (Å²) in [5.41, 5.74) is 0.896. The van der Waals surface area contributed by atoms with Crippen molar-refractivity contribution in [3.63, 3.8) is 0 Å². The van der Waals surface area contributed by atoms with Crippen LogP contribution < -0.4 is 10.9 Å². The molecular formula is C12H11N3O2. The highest BCUT2D eigenvalue weighted by Crippen LogP contribution is 2.06. The van der Waals surface area contributed by atoms with E-state index in [0.29, 0.717) is 5.82 Å². The number of aromatic nitrogens is 2. The molecule has 0 saturated carbocycles. The normalized spacial score (nSPS) is 9.94. The van der Waals surface area contributed by atoms with Crippen molar-refractivity contribution in [2.45, 2.75) is 6.92 Å². The molecule has 0 aliphatic heterocycles. The Morgan fingerprint density at radius 2 is 2.18 bits per heavy atom. The Hall–Kier alpha value is -2.43. The van der Waals surface area contributed by atoms with Crippen LogP contribution in [0.5, 0.6) is 0 Å². The monoisotopic (exact) mass is 229 g/mol. The lowest BCUT2D eigenvalue weighted by Crippen LogP contribution is -2.18. The maximum Gasteiger partial charge on any atom is 0.273 e. The summed E-state index contributed by atoms with van der Waals surface area (Å²) in [4.78, 5) is 29.3. The van der Waals surface area contributed by atoms with Gasteiger partial charge in [0.05, 0.1) is 0 Å². The summed E-state index contributed by atoms with van der Waals surface area (Å²) in [5.74, 6) is 0.0699. The minimum Gasteiger partial charge on any atom is -0.318 e. The summed E-state index contributed by atoms with van der Waals surface area (Å²) in [6.07, 6.45) is 1.61. The van der Waals surface area contributed by atoms with Gasteiger partial charge >= 0.3 is 0 Å². The van der Waals surface area contributed by atoms with Gasteiger partial charge in [-0.25, -0.2) is 4.98 Å². The van der Waals surface area contributed by atoms with Crippen molar-refractivity contribution in [2.24, 2.45) is 0 Å². The lowest BCUT2D eigenvalue weighted by molar-refractivity contribution is 0.102. The number of carbonyl (C=O) groups excluding carboxylic acids is 1. The summed E-state index contributed by atoms with van der Waals surface area (Å²) < 4.78 is 0. The van der Waals surface area contributed by atoms with E-state index in [2.05, 4.69) is 15.3 Å². The largest absolute Gasteiger partial charge is 0.318 e. The molecule has 86 valence electrons. The second kappa shape index (κ2) is 4.61. The number of pyridine rings is 2. The summed E-state index contributed by atoms with van der Waals surface area (Å²) in [5, 5.41) is 2.61. The lowest BCUT2D eigenvalue weighted by atomic mass is 10.3. The molecule has 2 heterocycles. The predicted octanol–water partition coefficient (Wildman–Crippen LogP) is 1.33. The number of H-pyrrole nitrogens is 1. The molecule has 0 fully saturated rings. The van der Waals surface area contributed by atoms with Crippen LogP contribution in [0.2, 0.25) is 0 Å². The van der Waals surface area contributed by atoms with E-state index in [4.69, 9.17) is 0 Å². The first-order valence-corrected chi connectivity index (χ1v) is 5.08. The van der Waals surface area contributed by atoms with Crippen molar-refractivity contribution in [3.05, 3.63) is 58.1 Å². The first-order valence-electron chi connectivity index (χ1n) is 5.08. The molecule has 0 radical (unpaired) electrons. The second-order valence-electron chi connectivity index (χ2n) is 3.60. The highest BCUT2D eigenvalue weighted by atomic mass is 16.2. The van der Waals surface area contributed by atoms with Crippen LogP contribution in [0.15, 0.2) is 41.3 Å². The average molecular weight is 229 g/mol. The number of hydrogen-bond acceptors (Lipinski definition) is 3. The molecule has 2 N–H and O–H groups in total. The summed E-state index contributed by atoms with van der Waals surface area (Å²) in [6, 6.07) is 7.99. The van der Waals surface area contributed by atoms with Crippen molar-refractivity contribution in [3.8, 4) is 0 Å². The van der Waals surface area contributed by atoms with Gasteiger partial charge in [-0.2, -0.15) is 0 Å². The van der Waals surface area contributed by atoms with Crippen molar-refractivity contribution in [2.75, 3.05) is 5.32 Å². The molecule has 2 rings (SSSR count). The number of amides is 1. The molecule has 2 aromatic heterocycles. The van der Waals surface area contributed by atoms with E-state index < -0.39 is 0 Å². The Balaban J connectivity index is 2.20. The first-order chi connectivity index (χ1) is 8.15. The van der Waals surface area contributed by atoms with Gasteiger partial charge in [-0.3, -0.25) is 9.59 Å². The third kappa shape index (κ3) is 2.78. The van der Waals surface area contributed by atoms with Crippen molar-refractivity contribution in [1.82, 2.24) is 9.97 Å². The zero-order chi connectivity index (χ0) is 12.3. The Bertz CT molecular complexity index is 604. The molecule has 0 saturated heterocycles.